The predicted octanol–water partition coefficient (Wildman–Crippen LogP) is 1.32. The summed E-state index contributed by atoms with van der Waals surface area (Å²) in [5.41, 5.74) is -6.54. The second-order valence-electron chi connectivity index (χ2n) is 6.09. The van der Waals surface area contributed by atoms with Crippen LogP contribution in [0.25, 0.3) is 0 Å². The van der Waals surface area contributed by atoms with Gasteiger partial charge >= 0.3 is 27.6 Å². The topological polar surface area (TPSA) is 102 Å². The molecule has 1 fully saturated rings. The van der Waals surface area contributed by atoms with E-state index in [2.05, 4.69) is 4.74 Å². The first-order chi connectivity index (χ1) is 10.7. The average Bonchev–Trinajstić information content (AvgIpc) is 2.77. The molecule has 0 spiro atoms. The van der Waals surface area contributed by atoms with Crippen LogP contribution in [0, 0.1) is 0 Å². The van der Waals surface area contributed by atoms with Gasteiger partial charge in [-0.2, -0.15) is 17.9 Å². The number of ether oxygens (including phenoxy) is 2. The molecule has 0 unspecified atom stereocenters. The Morgan fingerprint density at radius 2 is 1.71 bits per heavy atom. The van der Waals surface area contributed by atoms with Crippen molar-refractivity contribution < 1.29 is 40.7 Å². The van der Waals surface area contributed by atoms with E-state index in [9.17, 15) is 31.2 Å². The molecule has 2 atom stereocenters. The highest BCUT2D eigenvalue weighted by Gasteiger charge is 2.51. The van der Waals surface area contributed by atoms with E-state index < -0.39 is 45.4 Å². The summed E-state index contributed by atoms with van der Waals surface area (Å²) in [6, 6.07) is -1.24. The zero-order valence-corrected chi connectivity index (χ0v) is 14.3. The fourth-order valence-electron chi connectivity index (χ4n) is 2.11. The lowest BCUT2D eigenvalue weighted by Crippen LogP contribution is -2.55. The Hall–Kier alpha value is -1.56. The van der Waals surface area contributed by atoms with E-state index in [1.54, 1.807) is 0 Å². The lowest BCUT2D eigenvalue weighted by molar-refractivity contribution is -0.146. The van der Waals surface area contributed by atoms with Crippen molar-refractivity contribution in [3.63, 3.8) is 0 Å². The summed E-state index contributed by atoms with van der Waals surface area (Å²) in [6.07, 6.45) is -2.97. The predicted molar refractivity (Wildman–Crippen MR) is 75.0 cm³/mol. The van der Waals surface area contributed by atoms with Crippen molar-refractivity contribution in [2.45, 2.75) is 56.9 Å². The molecule has 8 nitrogen and oxygen atoms in total. The maximum absolute atomic E-state index is 12.5. The highest BCUT2D eigenvalue weighted by molar-refractivity contribution is 7.90. The Morgan fingerprint density at radius 3 is 2.12 bits per heavy atom. The first kappa shape index (κ1) is 20.5. The van der Waals surface area contributed by atoms with Crippen molar-refractivity contribution in [3.8, 4) is 0 Å². The molecule has 0 aromatic carbocycles. The van der Waals surface area contributed by atoms with Crippen molar-refractivity contribution in [1.29, 1.82) is 0 Å². The Morgan fingerprint density at radius 1 is 1.17 bits per heavy atom. The van der Waals surface area contributed by atoms with E-state index in [0.717, 1.165) is 7.11 Å². The van der Waals surface area contributed by atoms with E-state index >= 15 is 0 Å². The number of halogens is 3. The van der Waals surface area contributed by atoms with E-state index in [1.165, 1.54) is 25.5 Å². The number of methoxy groups -OCH3 is 1. The van der Waals surface area contributed by atoms with E-state index in [0.29, 0.717) is 4.90 Å². The number of carbonyl (C=O) groups is 2. The van der Waals surface area contributed by atoms with Gasteiger partial charge in [0.1, 0.15) is 17.8 Å². The summed E-state index contributed by atoms with van der Waals surface area (Å²) in [7, 11) is -4.65. The number of amides is 1. The van der Waals surface area contributed by atoms with Crippen LogP contribution in [0.15, 0.2) is 0 Å². The maximum Gasteiger partial charge on any atom is 0.511 e. The van der Waals surface area contributed by atoms with Crippen LogP contribution < -0.4 is 4.72 Å². The van der Waals surface area contributed by atoms with Gasteiger partial charge < -0.3 is 9.47 Å². The lowest BCUT2D eigenvalue weighted by Gasteiger charge is -2.31. The molecule has 1 saturated heterocycles. The molecule has 0 aromatic heterocycles. The summed E-state index contributed by atoms with van der Waals surface area (Å²) in [5, 5.41) is 0. The Balaban J connectivity index is 3.11. The Bertz CT molecular complexity index is 599. The Labute approximate surface area is 137 Å². The molecule has 1 N–H and O–H groups in total. The number of hydrogen-bond acceptors (Lipinski definition) is 6. The molecule has 1 aliphatic heterocycles. The minimum absolute atomic E-state index is 0.0725. The number of hydrogen-bond donors (Lipinski definition) is 1. The lowest BCUT2D eigenvalue weighted by atomic mass is 10.2. The summed E-state index contributed by atoms with van der Waals surface area (Å²) in [6.45, 7) is 4.55. The Kier molecular flexibility index (Phi) is 5.76. The minimum Gasteiger partial charge on any atom is -0.467 e. The summed E-state index contributed by atoms with van der Waals surface area (Å²) in [5.74, 6) is -0.880. The molecule has 12 heteroatoms. The van der Waals surface area contributed by atoms with Crippen LogP contribution in [0.3, 0.4) is 0 Å². The highest BCUT2D eigenvalue weighted by atomic mass is 32.2. The highest BCUT2D eigenvalue weighted by Crippen LogP contribution is 2.29. The molecule has 1 rings (SSSR count). The van der Waals surface area contributed by atoms with Crippen LogP contribution in [-0.2, 0) is 24.3 Å². The summed E-state index contributed by atoms with van der Waals surface area (Å²) in [4.78, 5) is 24.6. The first-order valence-electron chi connectivity index (χ1n) is 6.87. The number of esters is 1. The maximum atomic E-state index is 12.5. The molecule has 24 heavy (non-hydrogen) atoms. The van der Waals surface area contributed by atoms with Crippen molar-refractivity contribution >= 4 is 22.1 Å². The average molecular weight is 376 g/mol. The van der Waals surface area contributed by atoms with Crippen LogP contribution in [0.2, 0.25) is 0 Å². The van der Waals surface area contributed by atoms with Gasteiger partial charge in [-0.05, 0) is 33.6 Å². The van der Waals surface area contributed by atoms with E-state index in [1.807, 2.05) is 0 Å². The van der Waals surface area contributed by atoms with Gasteiger partial charge in [-0.3, -0.25) is 4.90 Å². The standard InChI is InChI=1S/C12H19F3N2O6S/c1-11(2,3)23-10(19)17-7(9(18)22-4)5-6-8(17)16-24(20,21)12(13,14)15/h7-8,16H,5-6H2,1-4H3/t7-,8+/m0/s1. The molecule has 1 amide bonds. The molecule has 0 radical (unpaired) electrons. The van der Waals surface area contributed by atoms with Gasteiger partial charge in [0, 0.05) is 0 Å². The second-order valence-corrected chi connectivity index (χ2v) is 7.79. The molecule has 0 bridgehead atoms. The van der Waals surface area contributed by atoms with Gasteiger partial charge in [0.05, 0.1) is 7.11 Å². The fourth-order valence-corrected chi connectivity index (χ4v) is 2.83. The first-order valence-corrected chi connectivity index (χ1v) is 8.35. The van der Waals surface area contributed by atoms with Gasteiger partial charge in [0.15, 0.2) is 0 Å². The molecule has 0 aliphatic carbocycles. The fraction of sp³-hybridized carbons (Fsp3) is 0.833. The summed E-state index contributed by atoms with van der Waals surface area (Å²) >= 11 is 0. The van der Waals surface area contributed by atoms with Gasteiger partial charge in [-0.1, -0.05) is 0 Å². The number of nitrogens with zero attached hydrogens (tertiary/aromatic N) is 1. The zero-order valence-electron chi connectivity index (χ0n) is 13.5. The second kappa shape index (κ2) is 6.75. The molecule has 0 aromatic rings. The van der Waals surface area contributed by atoms with Crippen LogP contribution in [0.4, 0.5) is 18.0 Å². The van der Waals surface area contributed by atoms with Gasteiger partial charge in [0.25, 0.3) is 0 Å². The number of carbonyl (C=O) groups excluding carboxylic acids is 2. The van der Waals surface area contributed by atoms with E-state index in [-0.39, 0.29) is 12.8 Å². The van der Waals surface area contributed by atoms with Gasteiger partial charge in [-0.25, -0.2) is 18.0 Å². The molecular weight excluding hydrogens is 357 g/mol. The number of nitrogens with one attached hydrogen (secondary N) is 1. The molecule has 1 aliphatic rings. The number of sulfonamides is 1. The van der Waals surface area contributed by atoms with Gasteiger partial charge in [-0.15, -0.1) is 0 Å². The molecule has 1 heterocycles. The minimum atomic E-state index is -5.70. The third kappa shape index (κ3) is 4.72. The number of likely N-dealkylation sites (tertiary alicyclic amines) is 1. The largest absolute Gasteiger partial charge is 0.511 e. The number of rotatable bonds is 3. The zero-order chi connectivity index (χ0) is 18.9. The third-order valence-electron chi connectivity index (χ3n) is 3.06. The number of alkyl halides is 3. The normalized spacial score (nSPS) is 22.4. The monoisotopic (exact) mass is 376 g/mol. The third-order valence-corrected chi connectivity index (χ3v) is 4.25. The molecule has 140 valence electrons. The SMILES string of the molecule is COC(=O)[C@@H]1CC[C@H](NS(=O)(=O)C(F)(F)F)N1C(=O)OC(C)(C)C. The van der Waals surface area contributed by atoms with Gasteiger partial charge in [0.2, 0.25) is 0 Å². The van der Waals surface area contributed by atoms with Crippen LogP contribution in [-0.4, -0.2) is 55.8 Å². The van der Waals surface area contributed by atoms with Crippen molar-refractivity contribution in [3.05, 3.63) is 0 Å². The summed E-state index contributed by atoms with van der Waals surface area (Å²) < 4.78 is 71.1. The van der Waals surface area contributed by atoms with E-state index in [4.69, 9.17) is 4.74 Å². The molecule has 0 saturated carbocycles. The van der Waals surface area contributed by atoms with Crippen molar-refractivity contribution in [1.82, 2.24) is 9.62 Å². The van der Waals surface area contributed by atoms with Crippen LogP contribution in [0.1, 0.15) is 33.6 Å². The van der Waals surface area contributed by atoms with Crippen molar-refractivity contribution in [2.24, 2.45) is 0 Å². The smallest absolute Gasteiger partial charge is 0.467 e. The molecular formula is C12H19F3N2O6S. The van der Waals surface area contributed by atoms with Crippen LogP contribution >= 0.6 is 0 Å². The quantitative estimate of drug-likeness (QED) is 0.746. The van der Waals surface area contributed by atoms with Crippen molar-refractivity contribution in [2.75, 3.05) is 7.11 Å². The van der Waals surface area contributed by atoms with Crippen LogP contribution in [0.5, 0.6) is 0 Å².